The van der Waals surface area contributed by atoms with Crippen molar-refractivity contribution in [1.29, 1.82) is 0 Å². The zero-order chi connectivity index (χ0) is 15.8. The van der Waals surface area contributed by atoms with Crippen LogP contribution in [0.25, 0.3) is 0 Å². The van der Waals surface area contributed by atoms with Crippen molar-refractivity contribution < 1.29 is 14.7 Å². The molecule has 0 radical (unpaired) electrons. The lowest BCUT2D eigenvalue weighted by atomic mass is 10.4. The molecule has 0 bridgehead atoms. The molecule has 1 atom stereocenters. The normalized spacial score (nSPS) is 21.0. The molecule has 7 heteroatoms. The summed E-state index contributed by atoms with van der Waals surface area (Å²) in [6, 6.07) is 5.05. The van der Waals surface area contributed by atoms with Crippen molar-refractivity contribution in [2.45, 2.75) is 19.2 Å². The fourth-order valence-electron chi connectivity index (χ4n) is 2.73. The molecule has 0 aromatic carbocycles. The molecule has 0 saturated carbocycles. The van der Waals surface area contributed by atoms with Gasteiger partial charge in [0.2, 0.25) is 6.35 Å². The van der Waals surface area contributed by atoms with E-state index in [0.717, 1.165) is 46.5 Å². The van der Waals surface area contributed by atoms with E-state index in [1.807, 2.05) is 6.07 Å². The van der Waals surface area contributed by atoms with E-state index in [1.54, 1.807) is 12.3 Å². The zero-order valence-electron chi connectivity index (χ0n) is 13.1. The van der Waals surface area contributed by atoms with Gasteiger partial charge in [-0.3, -0.25) is 9.69 Å². The molecule has 0 amide bonds. The first-order valence-corrected chi connectivity index (χ1v) is 7.70. The Morgan fingerprint density at radius 1 is 1.09 bits per heavy atom. The maximum atomic E-state index is 11.8. The second-order valence-corrected chi connectivity index (χ2v) is 5.19. The van der Waals surface area contributed by atoms with E-state index >= 15 is 0 Å². The van der Waals surface area contributed by atoms with Gasteiger partial charge in [-0.2, -0.15) is 0 Å². The van der Waals surface area contributed by atoms with Crippen LogP contribution in [0, 0.1) is 0 Å². The molecule has 1 aromatic heterocycles. The summed E-state index contributed by atoms with van der Waals surface area (Å²) in [5.74, 6) is 0. The van der Waals surface area contributed by atoms with Gasteiger partial charge in [0.15, 0.2) is 0 Å². The average molecular weight is 311 g/mol. The molecule has 22 heavy (non-hydrogen) atoms. The van der Waals surface area contributed by atoms with Crippen molar-refractivity contribution in [3.63, 3.8) is 0 Å². The van der Waals surface area contributed by atoms with Crippen LogP contribution < -0.4 is 10.4 Å². The minimum Gasteiger partial charge on any atom is -0.400 e. The van der Waals surface area contributed by atoms with Crippen molar-refractivity contribution in [3.05, 3.63) is 34.7 Å². The largest absolute Gasteiger partial charge is 0.400 e. The van der Waals surface area contributed by atoms with Crippen LogP contribution in [0.3, 0.4) is 0 Å². The predicted molar refractivity (Wildman–Crippen MR) is 82.4 cm³/mol. The number of aliphatic hydroxyl groups excluding tert-OH is 1. The van der Waals surface area contributed by atoms with Crippen LogP contribution in [0.5, 0.6) is 0 Å². The van der Waals surface area contributed by atoms with Crippen molar-refractivity contribution in [3.8, 4) is 0 Å². The fourth-order valence-corrected chi connectivity index (χ4v) is 2.73. The van der Waals surface area contributed by atoms with Crippen LogP contribution in [-0.2, 0) is 4.74 Å². The number of likely N-dealkylation sites (tertiary alicyclic amines) is 1. The maximum Gasteiger partial charge on any atom is 0.283 e. The van der Waals surface area contributed by atoms with Gasteiger partial charge in [0.05, 0.1) is 13.2 Å². The van der Waals surface area contributed by atoms with Crippen LogP contribution in [-0.4, -0.2) is 72.5 Å². The Balaban J connectivity index is 0.000000847. The highest BCUT2D eigenvalue weighted by molar-refractivity contribution is 4.91. The number of aliphatic hydroxyl groups is 1. The molecule has 2 saturated heterocycles. The van der Waals surface area contributed by atoms with Gasteiger partial charge in [0.25, 0.3) is 5.56 Å². The molecule has 2 fully saturated rings. The molecule has 1 N–H and O–H groups in total. The van der Waals surface area contributed by atoms with E-state index in [2.05, 4.69) is 9.80 Å². The van der Waals surface area contributed by atoms with E-state index in [9.17, 15) is 4.79 Å². The van der Waals surface area contributed by atoms with Crippen LogP contribution in [0.4, 0.5) is 0 Å². The Morgan fingerprint density at radius 2 is 1.73 bits per heavy atom. The molecule has 3 heterocycles. The topological polar surface area (TPSA) is 67.2 Å². The predicted octanol–water partition coefficient (Wildman–Crippen LogP) is -0.403. The highest BCUT2D eigenvalue weighted by Crippen LogP contribution is 2.15. The van der Waals surface area contributed by atoms with Gasteiger partial charge in [-0.1, -0.05) is 6.07 Å². The first-order chi connectivity index (χ1) is 10.8. The van der Waals surface area contributed by atoms with Gasteiger partial charge in [0.1, 0.15) is 0 Å². The molecule has 0 aliphatic carbocycles. The lowest BCUT2D eigenvalue weighted by molar-refractivity contribution is -0.171. The van der Waals surface area contributed by atoms with E-state index in [1.165, 1.54) is 23.6 Å². The monoisotopic (exact) mass is 311 g/mol. The third-order valence-corrected chi connectivity index (χ3v) is 3.81. The Kier molecular flexibility index (Phi) is 6.85. The fraction of sp³-hybridized carbons (Fsp3) is 0.667. The number of hydrogen-bond donors (Lipinski definition) is 1. The summed E-state index contributed by atoms with van der Waals surface area (Å²) in [5, 5.41) is 7.00. The molecule has 2 aliphatic rings. The summed E-state index contributed by atoms with van der Waals surface area (Å²) in [5.41, 5.74) is -0.134. The summed E-state index contributed by atoms with van der Waals surface area (Å²) in [7, 11) is 1.00. The standard InChI is InChI=1S/C14H21N3O3.CH4O/c18-13-5-1-2-8-17(13)20-14(15-6-3-4-7-15)16-9-11-19-12-10-16;1-2/h1-2,5,8,14H,3-4,6-7,9-12H2;2H,1H3. The van der Waals surface area contributed by atoms with Gasteiger partial charge in [-0.05, 0) is 18.9 Å². The van der Waals surface area contributed by atoms with E-state index in [4.69, 9.17) is 14.7 Å². The SMILES string of the molecule is CO.O=c1ccccn1OC(N1CCCC1)N1CCOCC1. The van der Waals surface area contributed by atoms with Gasteiger partial charge in [0, 0.05) is 45.6 Å². The van der Waals surface area contributed by atoms with Crippen LogP contribution in [0.1, 0.15) is 12.8 Å². The number of ether oxygens (including phenoxy) is 1. The molecule has 2 aliphatic heterocycles. The first kappa shape index (κ1) is 17.0. The van der Waals surface area contributed by atoms with Gasteiger partial charge < -0.3 is 14.7 Å². The van der Waals surface area contributed by atoms with Crippen molar-refractivity contribution in [1.82, 2.24) is 14.5 Å². The van der Waals surface area contributed by atoms with Gasteiger partial charge in [-0.15, -0.1) is 4.73 Å². The highest BCUT2D eigenvalue weighted by Gasteiger charge is 2.31. The molecule has 3 rings (SSSR count). The Hall–Kier alpha value is -1.41. The number of aromatic nitrogens is 1. The van der Waals surface area contributed by atoms with Gasteiger partial charge in [-0.25, -0.2) is 4.90 Å². The third kappa shape index (κ3) is 4.30. The summed E-state index contributed by atoms with van der Waals surface area (Å²) >= 11 is 0. The number of hydrogen-bond acceptors (Lipinski definition) is 6. The smallest absolute Gasteiger partial charge is 0.283 e. The third-order valence-electron chi connectivity index (χ3n) is 3.81. The molecule has 124 valence electrons. The molecule has 7 nitrogen and oxygen atoms in total. The molecular formula is C15H25N3O4. The lowest BCUT2D eigenvalue weighted by Crippen LogP contribution is -2.57. The molecular weight excluding hydrogens is 286 g/mol. The second kappa shape index (κ2) is 8.89. The zero-order valence-corrected chi connectivity index (χ0v) is 13.1. The van der Waals surface area contributed by atoms with Gasteiger partial charge >= 0.3 is 0 Å². The summed E-state index contributed by atoms with van der Waals surface area (Å²) in [6.07, 6.45) is 3.87. The van der Waals surface area contributed by atoms with Crippen LogP contribution >= 0.6 is 0 Å². The summed E-state index contributed by atoms with van der Waals surface area (Å²) in [6.45, 7) is 5.15. The number of rotatable bonds is 4. The quantitative estimate of drug-likeness (QED) is 0.816. The number of morpholine rings is 1. The van der Waals surface area contributed by atoms with E-state index in [0.29, 0.717) is 0 Å². The molecule has 0 spiro atoms. The lowest BCUT2D eigenvalue weighted by Gasteiger charge is -2.38. The number of nitrogens with zero attached hydrogens (tertiary/aromatic N) is 3. The second-order valence-electron chi connectivity index (χ2n) is 5.19. The minimum atomic E-state index is -0.179. The van der Waals surface area contributed by atoms with Crippen LogP contribution in [0.15, 0.2) is 29.2 Å². The first-order valence-electron chi connectivity index (χ1n) is 7.70. The van der Waals surface area contributed by atoms with Crippen molar-refractivity contribution in [2.75, 3.05) is 46.5 Å². The van der Waals surface area contributed by atoms with Crippen LogP contribution in [0.2, 0.25) is 0 Å². The van der Waals surface area contributed by atoms with E-state index in [-0.39, 0.29) is 11.9 Å². The summed E-state index contributed by atoms with van der Waals surface area (Å²) in [4.78, 5) is 22.3. The maximum absolute atomic E-state index is 11.8. The number of pyridine rings is 1. The van der Waals surface area contributed by atoms with E-state index < -0.39 is 0 Å². The Bertz CT molecular complexity index is 482. The molecule has 1 aromatic rings. The average Bonchev–Trinajstić information content (AvgIpc) is 3.11. The van der Waals surface area contributed by atoms with Crippen molar-refractivity contribution >= 4 is 0 Å². The Labute approximate surface area is 130 Å². The highest BCUT2D eigenvalue weighted by atomic mass is 16.7. The minimum absolute atomic E-state index is 0.134. The summed E-state index contributed by atoms with van der Waals surface area (Å²) < 4.78 is 6.73. The van der Waals surface area contributed by atoms with Crippen molar-refractivity contribution in [2.24, 2.45) is 0 Å². The molecule has 1 unspecified atom stereocenters. The Morgan fingerprint density at radius 3 is 2.36 bits per heavy atom.